The van der Waals surface area contributed by atoms with Crippen LogP contribution >= 0.6 is 0 Å². The van der Waals surface area contributed by atoms with Crippen molar-refractivity contribution in [3.63, 3.8) is 0 Å². The van der Waals surface area contributed by atoms with Crippen LogP contribution in [0.3, 0.4) is 0 Å². The number of piperidine rings is 1. The summed E-state index contributed by atoms with van der Waals surface area (Å²) in [5.41, 5.74) is 2.69. The van der Waals surface area contributed by atoms with Crippen LogP contribution < -0.4 is 10.6 Å². The highest BCUT2D eigenvalue weighted by Crippen LogP contribution is 2.14. The van der Waals surface area contributed by atoms with Crippen molar-refractivity contribution in [1.29, 1.82) is 0 Å². The van der Waals surface area contributed by atoms with Gasteiger partial charge >= 0.3 is 0 Å². The van der Waals surface area contributed by atoms with Gasteiger partial charge in [-0.1, -0.05) is 37.6 Å². The molecule has 2 aliphatic rings. The van der Waals surface area contributed by atoms with Gasteiger partial charge in [0.2, 0.25) is 0 Å². The first-order valence-electron chi connectivity index (χ1n) is 13.0. The van der Waals surface area contributed by atoms with Crippen LogP contribution in [0.2, 0.25) is 0 Å². The average molecular weight is 443 g/mol. The maximum atomic E-state index is 4.80. The summed E-state index contributed by atoms with van der Waals surface area (Å²) >= 11 is 0. The fourth-order valence-electron chi connectivity index (χ4n) is 4.63. The van der Waals surface area contributed by atoms with Crippen LogP contribution in [-0.2, 0) is 13.1 Å². The number of rotatable bonds is 11. The summed E-state index contributed by atoms with van der Waals surface area (Å²) in [6.45, 7) is 17.9. The lowest BCUT2D eigenvalue weighted by Crippen LogP contribution is -2.46. The van der Waals surface area contributed by atoms with Gasteiger partial charge < -0.3 is 20.4 Å². The van der Waals surface area contributed by atoms with E-state index in [0.717, 1.165) is 32.1 Å². The standard InChI is InChI=1S/C26H46N6/c1-3-27-26(28-14-6-9-15-31-20-18-30(4-2)19-21-31)29-22-24-10-12-25(13-11-24)23-32-16-7-5-8-17-32/h10-13H,3-9,14-23H2,1-2H3,(H2,27,28,29). The predicted molar refractivity (Wildman–Crippen MR) is 136 cm³/mol. The van der Waals surface area contributed by atoms with Crippen LogP contribution in [0.5, 0.6) is 0 Å². The zero-order valence-corrected chi connectivity index (χ0v) is 20.6. The Kier molecular flexibility index (Phi) is 11.3. The van der Waals surface area contributed by atoms with Crippen molar-refractivity contribution in [3.05, 3.63) is 35.4 Å². The zero-order valence-electron chi connectivity index (χ0n) is 20.6. The number of likely N-dealkylation sites (N-methyl/N-ethyl adjacent to an activating group) is 1. The Morgan fingerprint density at radius 1 is 0.781 bits per heavy atom. The Labute approximate surface area is 196 Å². The van der Waals surface area contributed by atoms with Crippen LogP contribution in [0.15, 0.2) is 29.3 Å². The summed E-state index contributed by atoms with van der Waals surface area (Å²) in [7, 11) is 0. The Morgan fingerprint density at radius 3 is 2.16 bits per heavy atom. The summed E-state index contributed by atoms with van der Waals surface area (Å²) in [6.07, 6.45) is 6.53. The van der Waals surface area contributed by atoms with E-state index in [2.05, 4.69) is 63.4 Å². The van der Waals surface area contributed by atoms with Gasteiger partial charge in [0.05, 0.1) is 6.54 Å². The minimum Gasteiger partial charge on any atom is -0.357 e. The van der Waals surface area contributed by atoms with Gasteiger partial charge in [-0.05, 0) is 69.9 Å². The zero-order chi connectivity index (χ0) is 22.4. The molecule has 0 spiro atoms. The van der Waals surface area contributed by atoms with Gasteiger partial charge in [-0.15, -0.1) is 0 Å². The van der Waals surface area contributed by atoms with Crippen molar-refractivity contribution < 1.29 is 0 Å². The topological polar surface area (TPSA) is 46.1 Å². The quantitative estimate of drug-likeness (QED) is 0.313. The van der Waals surface area contributed by atoms with Crippen LogP contribution in [0, 0.1) is 0 Å². The van der Waals surface area contributed by atoms with E-state index in [-0.39, 0.29) is 0 Å². The van der Waals surface area contributed by atoms with Gasteiger partial charge in [-0.2, -0.15) is 0 Å². The van der Waals surface area contributed by atoms with E-state index >= 15 is 0 Å². The summed E-state index contributed by atoms with van der Waals surface area (Å²) in [5, 5.41) is 6.90. The van der Waals surface area contributed by atoms with Gasteiger partial charge in [-0.3, -0.25) is 4.90 Å². The number of aliphatic imine (C=N–C) groups is 1. The Balaban J connectivity index is 1.34. The van der Waals surface area contributed by atoms with Crippen molar-refractivity contribution >= 4 is 5.96 Å². The number of nitrogens with zero attached hydrogens (tertiary/aromatic N) is 4. The molecule has 2 saturated heterocycles. The van der Waals surface area contributed by atoms with E-state index in [4.69, 9.17) is 4.99 Å². The first-order valence-corrected chi connectivity index (χ1v) is 13.0. The molecule has 6 nitrogen and oxygen atoms in total. The van der Waals surface area contributed by atoms with E-state index < -0.39 is 0 Å². The third-order valence-corrected chi connectivity index (χ3v) is 6.75. The molecule has 180 valence electrons. The van der Waals surface area contributed by atoms with Gasteiger partial charge in [0, 0.05) is 45.8 Å². The van der Waals surface area contributed by atoms with E-state index in [1.807, 2.05) is 0 Å². The van der Waals surface area contributed by atoms with E-state index in [1.165, 1.54) is 95.6 Å². The second kappa shape index (κ2) is 14.5. The lowest BCUT2D eigenvalue weighted by Gasteiger charge is -2.34. The van der Waals surface area contributed by atoms with Gasteiger partial charge in [0.15, 0.2) is 5.96 Å². The average Bonchev–Trinajstić information content (AvgIpc) is 2.84. The van der Waals surface area contributed by atoms with Gasteiger partial charge in [0.1, 0.15) is 0 Å². The number of benzene rings is 1. The van der Waals surface area contributed by atoms with Gasteiger partial charge in [0.25, 0.3) is 0 Å². The molecule has 0 amide bonds. The van der Waals surface area contributed by atoms with Crippen molar-refractivity contribution in [3.8, 4) is 0 Å². The maximum Gasteiger partial charge on any atom is 0.191 e. The predicted octanol–water partition coefficient (Wildman–Crippen LogP) is 3.15. The second-order valence-corrected chi connectivity index (χ2v) is 9.26. The molecule has 0 saturated carbocycles. The molecule has 2 aliphatic heterocycles. The fraction of sp³-hybridized carbons (Fsp3) is 0.731. The Bertz CT molecular complexity index is 645. The lowest BCUT2D eigenvalue weighted by molar-refractivity contribution is 0.136. The first kappa shape index (κ1) is 25.0. The smallest absolute Gasteiger partial charge is 0.191 e. The molecule has 6 heteroatoms. The molecule has 2 N–H and O–H groups in total. The Hall–Kier alpha value is -1.63. The molecule has 1 aromatic rings. The van der Waals surface area contributed by atoms with Crippen LogP contribution in [-0.4, -0.2) is 86.1 Å². The van der Waals surface area contributed by atoms with Crippen LogP contribution in [0.4, 0.5) is 0 Å². The SMILES string of the molecule is CCNC(=NCc1ccc(CN2CCCCC2)cc1)NCCCCN1CCN(CC)CC1. The summed E-state index contributed by atoms with van der Waals surface area (Å²) in [5.74, 6) is 0.932. The monoisotopic (exact) mass is 442 g/mol. The van der Waals surface area contributed by atoms with E-state index in [1.54, 1.807) is 0 Å². The highest BCUT2D eigenvalue weighted by atomic mass is 15.3. The van der Waals surface area contributed by atoms with Crippen molar-refractivity contribution in [2.45, 2.75) is 59.0 Å². The van der Waals surface area contributed by atoms with Crippen molar-refractivity contribution in [2.75, 3.05) is 65.4 Å². The molecule has 1 aromatic carbocycles. The van der Waals surface area contributed by atoms with E-state index in [9.17, 15) is 0 Å². The molecule has 2 fully saturated rings. The molecule has 3 rings (SSSR count). The number of nitrogens with one attached hydrogen (secondary N) is 2. The third kappa shape index (κ3) is 9.08. The molecule has 32 heavy (non-hydrogen) atoms. The largest absolute Gasteiger partial charge is 0.357 e. The summed E-state index contributed by atoms with van der Waals surface area (Å²) < 4.78 is 0. The van der Waals surface area contributed by atoms with Crippen LogP contribution in [0.25, 0.3) is 0 Å². The number of hydrogen-bond acceptors (Lipinski definition) is 4. The molecule has 0 atom stereocenters. The highest BCUT2D eigenvalue weighted by Gasteiger charge is 2.14. The molecule has 0 radical (unpaired) electrons. The van der Waals surface area contributed by atoms with Crippen molar-refractivity contribution in [2.24, 2.45) is 4.99 Å². The first-order chi connectivity index (χ1) is 15.8. The normalized spacial score (nSPS) is 19.2. The maximum absolute atomic E-state index is 4.80. The van der Waals surface area contributed by atoms with Gasteiger partial charge in [-0.25, -0.2) is 4.99 Å². The third-order valence-electron chi connectivity index (χ3n) is 6.75. The van der Waals surface area contributed by atoms with Crippen molar-refractivity contribution in [1.82, 2.24) is 25.3 Å². The number of likely N-dealkylation sites (tertiary alicyclic amines) is 1. The minimum atomic E-state index is 0.723. The Morgan fingerprint density at radius 2 is 1.47 bits per heavy atom. The number of unbranched alkanes of at least 4 members (excludes halogenated alkanes) is 1. The van der Waals surface area contributed by atoms with E-state index in [0.29, 0.717) is 0 Å². The molecule has 0 aliphatic carbocycles. The fourth-order valence-corrected chi connectivity index (χ4v) is 4.63. The molecular formula is C26H46N6. The molecule has 2 heterocycles. The highest BCUT2D eigenvalue weighted by molar-refractivity contribution is 5.79. The molecular weight excluding hydrogens is 396 g/mol. The molecule has 0 unspecified atom stereocenters. The van der Waals surface area contributed by atoms with Crippen LogP contribution in [0.1, 0.15) is 57.1 Å². The second-order valence-electron chi connectivity index (χ2n) is 9.26. The molecule has 0 aromatic heterocycles. The minimum absolute atomic E-state index is 0.723. The summed E-state index contributed by atoms with van der Waals surface area (Å²) in [6, 6.07) is 9.04. The lowest BCUT2D eigenvalue weighted by atomic mass is 10.1. The summed E-state index contributed by atoms with van der Waals surface area (Å²) in [4.78, 5) is 12.5. The number of guanidine groups is 1. The number of piperazine rings is 1. The number of hydrogen-bond donors (Lipinski definition) is 2. The molecule has 0 bridgehead atoms.